The molecule has 0 saturated heterocycles. The van der Waals surface area contributed by atoms with Crippen molar-refractivity contribution in [3.8, 4) is 11.3 Å². The van der Waals surface area contributed by atoms with E-state index in [0.717, 1.165) is 22.3 Å². The molecule has 9 heteroatoms. The topological polar surface area (TPSA) is 129 Å². The van der Waals surface area contributed by atoms with E-state index in [2.05, 4.69) is 20.4 Å². The predicted octanol–water partition coefficient (Wildman–Crippen LogP) is 2.70. The van der Waals surface area contributed by atoms with E-state index in [1.54, 1.807) is 31.0 Å². The van der Waals surface area contributed by atoms with Crippen LogP contribution >= 0.6 is 0 Å². The molecule has 0 fully saturated rings. The Morgan fingerprint density at radius 3 is 2.77 bits per heavy atom. The minimum atomic E-state index is -0.380. The molecule has 0 aliphatic heterocycles. The fourth-order valence-corrected chi connectivity index (χ4v) is 3.84. The molecular weight excluding hydrogens is 392 g/mol. The number of anilines is 2. The van der Waals surface area contributed by atoms with Crippen LogP contribution in [0.5, 0.6) is 0 Å². The van der Waals surface area contributed by atoms with E-state index in [0.29, 0.717) is 11.3 Å². The van der Waals surface area contributed by atoms with Crippen molar-refractivity contribution in [3.63, 3.8) is 0 Å². The summed E-state index contributed by atoms with van der Waals surface area (Å²) in [5, 5.41) is 7.19. The second-order valence-electron chi connectivity index (χ2n) is 7.26. The number of amides is 1. The number of nitrogens with one attached hydrogen (secondary N) is 1. The quantitative estimate of drug-likeness (QED) is 0.416. The van der Waals surface area contributed by atoms with Crippen LogP contribution in [0, 0.1) is 0 Å². The molecule has 1 atom stereocenters. The van der Waals surface area contributed by atoms with Crippen LogP contribution in [0.2, 0.25) is 0 Å². The fraction of sp³-hybridized carbons (Fsp3) is 0.0909. The van der Waals surface area contributed by atoms with Gasteiger partial charge in [-0.3, -0.25) is 9.20 Å². The van der Waals surface area contributed by atoms with Gasteiger partial charge in [0.15, 0.2) is 11.5 Å². The Morgan fingerprint density at radius 2 is 1.97 bits per heavy atom. The number of benzene rings is 1. The average molecular weight is 412 g/mol. The zero-order valence-electron chi connectivity index (χ0n) is 16.7. The van der Waals surface area contributed by atoms with E-state index >= 15 is 0 Å². The normalized spacial score (nSPS) is 12.3. The van der Waals surface area contributed by atoms with Gasteiger partial charge >= 0.3 is 0 Å². The van der Waals surface area contributed by atoms with Crippen molar-refractivity contribution in [2.75, 3.05) is 11.5 Å². The molecule has 31 heavy (non-hydrogen) atoms. The van der Waals surface area contributed by atoms with Crippen molar-refractivity contribution in [1.82, 2.24) is 29.3 Å². The van der Waals surface area contributed by atoms with Gasteiger partial charge in [-0.15, -0.1) is 5.10 Å². The molecule has 1 unspecified atom stereocenters. The molecule has 9 nitrogen and oxygen atoms in total. The number of pyridine rings is 1. The Bertz CT molecular complexity index is 1420. The van der Waals surface area contributed by atoms with Crippen LogP contribution in [0.3, 0.4) is 0 Å². The maximum absolute atomic E-state index is 13.1. The molecule has 5 rings (SSSR count). The summed E-state index contributed by atoms with van der Waals surface area (Å²) < 4.78 is 3.42. The molecule has 4 heterocycles. The highest BCUT2D eigenvalue weighted by Crippen LogP contribution is 2.33. The highest BCUT2D eigenvalue weighted by atomic mass is 16.1. The molecule has 1 amide bonds. The van der Waals surface area contributed by atoms with E-state index in [1.807, 2.05) is 47.7 Å². The number of hydrogen-bond acceptors (Lipinski definition) is 6. The molecule has 0 aliphatic rings. The molecule has 5 aromatic rings. The van der Waals surface area contributed by atoms with Crippen LogP contribution in [0.15, 0.2) is 67.4 Å². The van der Waals surface area contributed by atoms with Gasteiger partial charge in [0.1, 0.15) is 5.56 Å². The highest BCUT2D eigenvalue weighted by Gasteiger charge is 2.23. The minimum Gasteiger partial charge on any atom is -0.397 e. The van der Waals surface area contributed by atoms with Crippen LogP contribution in [0.4, 0.5) is 11.5 Å². The molecule has 154 valence electrons. The lowest BCUT2D eigenvalue weighted by Gasteiger charge is -2.20. The van der Waals surface area contributed by atoms with Crippen LogP contribution < -0.4 is 16.8 Å². The summed E-state index contributed by atoms with van der Waals surface area (Å²) in [4.78, 5) is 21.6. The number of carbonyl (C=O) groups is 1. The smallest absolute Gasteiger partial charge is 0.259 e. The Balaban J connectivity index is 1.59. The SMILES string of the molecule is CC(NC(=O)c1c(N)nn2cccnc12)c1cc(N)c2cncn2c1-c1ccccc1. The highest BCUT2D eigenvalue weighted by molar-refractivity contribution is 6.04. The van der Waals surface area contributed by atoms with Gasteiger partial charge in [0.2, 0.25) is 0 Å². The Morgan fingerprint density at radius 1 is 1.16 bits per heavy atom. The van der Waals surface area contributed by atoms with Crippen molar-refractivity contribution < 1.29 is 4.79 Å². The summed E-state index contributed by atoms with van der Waals surface area (Å²) in [6, 6.07) is 13.1. The van der Waals surface area contributed by atoms with Crippen LogP contribution in [0.1, 0.15) is 28.9 Å². The number of rotatable bonds is 4. The van der Waals surface area contributed by atoms with Gasteiger partial charge in [-0.05, 0) is 24.6 Å². The predicted molar refractivity (Wildman–Crippen MR) is 118 cm³/mol. The largest absolute Gasteiger partial charge is 0.397 e. The summed E-state index contributed by atoms with van der Waals surface area (Å²) >= 11 is 0. The summed E-state index contributed by atoms with van der Waals surface area (Å²) in [6.45, 7) is 1.90. The van der Waals surface area contributed by atoms with Gasteiger partial charge in [-0.2, -0.15) is 0 Å². The lowest BCUT2D eigenvalue weighted by molar-refractivity contribution is 0.0942. The molecular formula is C22H20N8O. The summed E-state index contributed by atoms with van der Waals surface area (Å²) in [6.07, 6.45) is 6.73. The Hall–Kier alpha value is -4.40. The molecule has 0 saturated carbocycles. The second kappa shape index (κ2) is 7.13. The van der Waals surface area contributed by atoms with E-state index in [-0.39, 0.29) is 23.3 Å². The first-order valence-corrected chi connectivity index (χ1v) is 9.74. The zero-order chi connectivity index (χ0) is 21.5. The first-order chi connectivity index (χ1) is 15.0. The van der Waals surface area contributed by atoms with Crippen molar-refractivity contribution in [2.45, 2.75) is 13.0 Å². The van der Waals surface area contributed by atoms with Gasteiger partial charge in [-0.25, -0.2) is 14.5 Å². The number of imidazole rings is 1. The fourth-order valence-electron chi connectivity index (χ4n) is 3.84. The van der Waals surface area contributed by atoms with Gasteiger partial charge in [0, 0.05) is 18.0 Å². The van der Waals surface area contributed by atoms with Gasteiger partial charge in [-0.1, -0.05) is 30.3 Å². The molecule has 0 radical (unpaired) electrons. The van der Waals surface area contributed by atoms with Crippen LogP contribution in [-0.2, 0) is 0 Å². The average Bonchev–Trinajstić information content (AvgIpc) is 3.38. The zero-order valence-corrected chi connectivity index (χ0v) is 16.7. The van der Waals surface area contributed by atoms with Crippen LogP contribution in [0.25, 0.3) is 22.4 Å². The summed E-state index contributed by atoms with van der Waals surface area (Å²) in [7, 11) is 0. The van der Waals surface area contributed by atoms with Crippen molar-refractivity contribution in [3.05, 3.63) is 78.5 Å². The minimum absolute atomic E-state index is 0.122. The molecule has 4 aromatic heterocycles. The number of hydrogen-bond donors (Lipinski definition) is 3. The third-order valence-corrected chi connectivity index (χ3v) is 5.27. The molecule has 0 aliphatic carbocycles. The van der Waals surface area contributed by atoms with E-state index in [1.165, 1.54) is 4.52 Å². The molecule has 0 spiro atoms. The maximum atomic E-state index is 13.1. The molecule has 0 bridgehead atoms. The van der Waals surface area contributed by atoms with Gasteiger partial charge in [0.25, 0.3) is 5.91 Å². The first kappa shape index (κ1) is 18.6. The third-order valence-electron chi connectivity index (χ3n) is 5.27. The summed E-state index contributed by atoms with van der Waals surface area (Å²) in [5.74, 6) is -0.238. The first-order valence-electron chi connectivity index (χ1n) is 9.74. The second-order valence-corrected chi connectivity index (χ2v) is 7.26. The van der Waals surface area contributed by atoms with E-state index < -0.39 is 0 Å². The Kier molecular flexibility index (Phi) is 4.28. The lowest BCUT2D eigenvalue weighted by atomic mass is 9.99. The number of nitrogen functional groups attached to an aromatic ring is 2. The van der Waals surface area contributed by atoms with Crippen molar-refractivity contribution >= 4 is 28.6 Å². The van der Waals surface area contributed by atoms with Gasteiger partial charge < -0.3 is 16.8 Å². The lowest BCUT2D eigenvalue weighted by Crippen LogP contribution is -2.28. The number of nitrogens with two attached hydrogens (primary N) is 2. The van der Waals surface area contributed by atoms with Crippen molar-refractivity contribution in [1.29, 1.82) is 0 Å². The van der Waals surface area contributed by atoms with E-state index in [4.69, 9.17) is 11.5 Å². The van der Waals surface area contributed by atoms with Crippen LogP contribution in [-0.4, -0.2) is 29.9 Å². The van der Waals surface area contributed by atoms with E-state index in [9.17, 15) is 4.79 Å². The van der Waals surface area contributed by atoms with Crippen molar-refractivity contribution in [2.24, 2.45) is 0 Å². The Labute approximate surface area is 177 Å². The van der Waals surface area contributed by atoms with Gasteiger partial charge in [0.05, 0.1) is 35.5 Å². The number of aromatic nitrogens is 5. The summed E-state index contributed by atoms with van der Waals surface area (Å²) in [5.41, 5.74) is 17.1. The standard InChI is InChI=1S/C22H20N8O/c1-13(27-22(31)18-20(24)28-30-9-5-8-26-21(18)30)15-10-16(23)17-11-25-12-29(17)19(15)14-6-3-2-4-7-14/h2-13H,23H2,1H3,(H2,24,28)(H,27,31). The third kappa shape index (κ3) is 3.03. The number of nitrogens with zero attached hydrogens (tertiary/aromatic N) is 5. The number of fused-ring (bicyclic) bond motifs is 2. The molecule has 5 N–H and O–H groups in total. The molecule has 1 aromatic carbocycles. The monoisotopic (exact) mass is 412 g/mol. The number of carbonyl (C=O) groups excluding carboxylic acids is 1. The maximum Gasteiger partial charge on any atom is 0.259 e.